The van der Waals surface area contributed by atoms with Crippen LogP contribution < -0.4 is 4.74 Å². The number of para-hydroxylation sites is 1. The number of carbonyl (C=O) groups is 1. The Hall–Kier alpha value is -2.34. The fraction of sp³-hybridized carbons (Fsp3) is 0.316. The van der Waals surface area contributed by atoms with Gasteiger partial charge in [0.25, 0.3) is 5.91 Å². The molecule has 2 rings (SSSR count). The molecule has 0 fully saturated rings. The Morgan fingerprint density at radius 1 is 1.08 bits per heavy atom. The van der Waals surface area contributed by atoms with Crippen LogP contribution in [0.1, 0.15) is 22.8 Å². The Kier molecular flexibility index (Phi) is 6.20. The Balaban J connectivity index is 2.07. The standard InChI is InChI=1S/C19H23NO4S/c1-4-25(22,23)18-12-8-6-10-16(18)19(21)20(3)13-14-24-17-11-7-5-9-15(17)2/h5-12H,4,13-14H2,1-3H3. The summed E-state index contributed by atoms with van der Waals surface area (Å²) in [6.07, 6.45) is 0. The number of benzene rings is 2. The highest BCUT2D eigenvalue weighted by atomic mass is 32.2. The first-order chi connectivity index (χ1) is 11.9. The summed E-state index contributed by atoms with van der Waals surface area (Å²) in [5.41, 5.74) is 1.22. The quantitative estimate of drug-likeness (QED) is 0.761. The molecule has 6 heteroatoms. The largest absolute Gasteiger partial charge is 0.491 e. The summed E-state index contributed by atoms with van der Waals surface area (Å²) in [5.74, 6) is 0.399. The van der Waals surface area contributed by atoms with E-state index in [2.05, 4.69) is 0 Å². The number of ether oxygens (including phenoxy) is 1. The number of hydrogen-bond donors (Lipinski definition) is 0. The van der Waals surface area contributed by atoms with E-state index in [9.17, 15) is 13.2 Å². The predicted molar refractivity (Wildman–Crippen MR) is 97.8 cm³/mol. The maximum atomic E-state index is 12.6. The van der Waals surface area contributed by atoms with E-state index in [1.807, 2.05) is 31.2 Å². The summed E-state index contributed by atoms with van der Waals surface area (Å²) in [6, 6.07) is 14.0. The topological polar surface area (TPSA) is 63.7 Å². The molecule has 0 atom stereocenters. The van der Waals surface area contributed by atoms with Crippen LogP contribution in [-0.2, 0) is 9.84 Å². The van der Waals surface area contributed by atoms with Gasteiger partial charge in [0.1, 0.15) is 12.4 Å². The molecule has 0 N–H and O–H groups in total. The van der Waals surface area contributed by atoms with E-state index >= 15 is 0 Å². The number of hydrogen-bond acceptors (Lipinski definition) is 4. The van der Waals surface area contributed by atoms with Gasteiger partial charge in [-0.2, -0.15) is 0 Å². The molecule has 0 aromatic heterocycles. The minimum atomic E-state index is -3.46. The van der Waals surface area contributed by atoms with Crippen LogP contribution in [0.4, 0.5) is 0 Å². The molecule has 0 aliphatic heterocycles. The second kappa shape index (κ2) is 8.16. The van der Waals surface area contributed by atoms with Gasteiger partial charge in [-0.1, -0.05) is 37.3 Å². The Morgan fingerprint density at radius 2 is 1.72 bits per heavy atom. The molecule has 0 saturated heterocycles. The number of nitrogens with zero attached hydrogens (tertiary/aromatic N) is 1. The average Bonchev–Trinajstić information content (AvgIpc) is 2.62. The molecule has 134 valence electrons. The number of aryl methyl sites for hydroxylation is 1. The van der Waals surface area contributed by atoms with E-state index in [1.54, 1.807) is 32.2 Å². The molecule has 0 aliphatic carbocycles. The average molecular weight is 361 g/mol. The van der Waals surface area contributed by atoms with Crippen molar-refractivity contribution in [2.45, 2.75) is 18.7 Å². The number of rotatable bonds is 7. The van der Waals surface area contributed by atoms with Gasteiger partial charge in [0, 0.05) is 7.05 Å². The molecule has 0 radical (unpaired) electrons. The van der Waals surface area contributed by atoms with E-state index < -0.39 is 9.84 Å². The van der Waals surface area contributed by atoms with E-state index in [-0.39, 0.29) is 22.1 Å². The van der Waals surface area contributed by atoms with Crippen molar-refractivity contribution in [3.8, 4) is 5.75 Å². The van der Waals surface area contributed by atoms with Gasteiger partial charge in [0.15, 0.2) is 9.84 Å². The first-order valence-corrected chi connectivity index (χ1v) is 9.77. The molecular weight excluding hydrogens is 338 g/mol. The van der Waals surface area contributed by atoms with Gasteiger partial charge in [-0.15, -0.1) is 0 Å². The fourth-order valence-corrected chi connectivity index (χ4v) is 3.48. The number of sulfone groups is 1. The molecule has 0 bridgehead atoms. The van der Waals surface area contributed by atoms with Crippen molar-refractivity contribution in [3.63, 3.8) is 0 Å². The van der Waals surface area contributed by atoms with Crippen molar-refractivity contribution in [1.29, 1.82) is 0 Å². The highest BCUT2D eigenvalue weighted by Crippen LogP contribution is 2.19. The molecule has 0 heterocycles. The second-order valence-corrected chi connectivity index (χ2v) is 7.99. The second-order valence-electron chi connectivity index (χ2n) is 5.74. The summed E-state index contributed by atoms with van der Waals surface area (Å²) in [6.45, 7) is 4.20. The third-order valence-corrected chi connectivity index (χ3v) is 5.74. The van der Waals surface area contributed by atoms with Gasteiger partial charge in [-0.05, 0) is 30.7 Å². The van der Waals surface area contributed by atoms with Crippen LogP contribution in [0.15, 0.2) is 53.4 Å². The first kappa shape index (κ1) is 19.0. The number of likely N-dealkylation sites (N-methyl/N-ethyl adjacent to an activating group) is 1. The molecule has 0 aliphatic rings. The van der Waals surface area contributed by atoms with Crippen LogP contribution in [0.3, 0.4) is 0 Å². The van der Waals surface area contributed by atoms with Crippen LogP contribution in [-0.4, -0.2) is 45.2 Å². The molecule has 5 nitrogen and oxygen atoms in total. The van der Waals surface area contributed by atoms with Crippen molar-refractivity contribution in [3.05, 3.63) is 59.7 Å². The molecule has 25 heavy (non-hydrogen) atoms. The van der Waals surface area contributed by atoms with E-state index in [0.717, 1.165) is 11.3 Å². The molecule has 2 aromatic rings. The van der Waals surface area contributed by atoms with Gasteiger partial charge < -0.3 is 9.64 Å². The highest BCUT2D eigenvalue weighted by molar-refractivity contribution is 7.91. The molecule has 0 spiro atoms. The number of amides is 1. The maximum Gasteiger partial charge on any atom is 0.255 e. The van der Waals surface area contributed by atoms with Crippen LogP contribution >= 0.6 is 0 Å². The predicted octanol–water partition coefficient (Wildman–Crippen LogP) is 2.94. The monoisotopic (exact) mass is 361 g/mol. The minimum Gasteiger partial charge on any atom is -0.491 e. The van der Waals surface area contributed by atoms with Gasteiger partial charge in [0.05, 0.1) is 22.8 Å². The smallest absolute Gasteiger partial charge is 0.255 e. The van der Waals surface area contributed by atoms with Crippen LogP contribution in [0, 0.1) is 6.92 Å². The van der Waals surface area contributed by atoms with Crippen LogP contribution in [0.2, 0.25) is 0 Å². The molecule has 2 aromatic carbocycles. The minimum absolute atomic E-state index is 0.0442. The lowest BCUT2D eigenvalue weighted by atomic mass is 10.2. The van der Waals surface area contributed by atoms with Gasteiger partial charge in [-0.25, -0.2) is 8.42 Å². The van der Waals surface area contributed by atoms with Crippen molar-refractivity contribution in [1.82, 2.24) is 4.90 Å². The zero-order valence-corrected chi connectivity index (χ0v) is 15.5. The lowest BCUT2D eigenvalue weighted by Crippen LogP contribution is -2.32. The first-order valence-electron chi connectivity index (χ1n) is 8.12. The molecule has 0 saturated carbocycles. The summed E-state index contributed by atoms with van der Waals surface area (Å²) in [5, 5.41) is 0. The molecule has 0 unspecified atom stereocenters. The normalized spacial score (nSPS) is 11.2. The van der Waals surface area contributed by atoms with Crippen LogP contribution in [0.25, 0.3) is 0 Å². The van der Waals surface area contributed by atoms with Crippen LogP contribution in [0.5, 0.6) is 5.75 Å². The lowest BCUT2D eigenvalue weighted by molar-refractivity contribution is 0.0770. The van der Waals surface area contributed by atoms with Crippen molar-refractivity contribution in [2.75, 3.05) is 26.0 Å². The summed E-state index contributed by atoms with van der Waals surface area (Å²) in [4.78, 5) is 14.2. The summed E-state index contributed by atoms with van der Waals surface area (Å²) < 4.78 is 30.1. The van der Waals surface area contributed by atoms with Crippen molar-refractivity contribution in [2.24, 2.45) is 0 Å². The SMILES string of the molecule is CCS(=O)(=O)c1ccccc1C(=O)N(C)CCOc1ccccc1C. The highest BCUT2D eigenvalue weighted by Gasteiger charge is 2.22. The Morgan fingerprint density at radius 3 is 2.40 bits per heavy atom. The summed E-state index contributed by atoms with van der Waals surface area (Å²) >= 11 is 0. The summed E-state index contributed by atoms with van der Waals surface area (Å²) in [7, 11) is -1.82. The molecular formula is C19H23NO4S. The van der Waals surface area contributed by atoms with E-state index in [0.29, 0.717) is 13.2 Å². The fourth-order valence-electron chi connectivity index (χ4n) is 2.39. The van der Waals surface area contributed by atoms with E-state index in [4.69, 9.17) is 4.74 Å². The molecule has 1 amide bonds. The Bertz CT molecular complexity index is 846. The van der Waals surface area contributed by atoms with E-state index in [1.165, 1.54) is 11.0 Å². The third kappa shape index (κ3) is 4.60. The Labute approximate surface area is 149 Å². The van der Waals surface area contributed by atoms with Gasteiger partial charge in [0.2, 0.25) is 0 Å². The zero-order chi connectivity index (χ0) is 18.4. The zero-order valence-electron chi connectivity index (χ0n) is 14.7. The van der Waals surface area contributed by atoms with Crippen molar-refractivity contribution >= 4 is 15.7 Å². The third-order valence-electron chi connectivity index (χ3n) is 3.96. The van der Waals surface area contributed by atoms with Gasteiger partial charge >= 0.3 is 0 Å². The maximum absolute atomic E-state index is 12.6. The lowest BCUT2D eigenvalue weighted by Gasteiger charge is -2.19. The van der Waals surface area contributed by atoms with Gasteiger partial charge in [-0.3, -0.25) is 4.79 Å². The number of carbonyl (C=O) groups excluding carboxylic acids is 1. The van der Waals surface area contributed by atoms with Crippen molar-refractivity contribution < 1.29 is 17.9 Å².